The van der Waals surface area contributed by atoms with Crippen LogP contribution < -0.4 is 59.3 Å². The van der Waals surface area contributed by atoms with E-state index in [0.717, 1.165) is 0 Å². The number of nitrogens with zero attached hydrogens (tertiary/aromatic N) is 1. The molecule has 11 atom stereocenters. The number of nitrogens with two attached hydrogens (primary N) is 2. The number of aliphatic hydroxyl groups is 2. The number of carbonyl (C=O) groups is 10. The average molecular weight is 1250 g/mol. The monoisotopic (exact) mass is 1250 g/mol. The molecule has 0 spiro atoms. The molecule has 1 aliphatic heterocycles. The van der Waals surface area contributed by atoms with Crippen LogP contribution in [0.2, 0.25) is 10.6 Å². The molecular formula is C50H80N12O13SSe2. The third kappa shape index (κ3) is 24.9. The van der Waals surface area contributed by atoms with Gasteiger partial charge in [0, 0.05) is 12.8 Å². The molecule has 1 heterocycles. The van der Waals surface area contributed by atoms with Crippen LogP contribution in [0, 0.1) is 11.8 Å². The Hall–Kier alpha value is -5.18. The predicted molar refractivity (Wildman–Crippen MR) is 295 cm³/mol. The summed E-state index contributed by atoms with van der Waals surface area (Å²) in [4.78, 5) is 139. The van der Waals surface area contributed by atoms with Gasteiger partial charge in [0.05, 0.1) is 0 Å². The molecule has 0 unspecified atom stereocenters. The first-order valence-corrected chi connectivity index (χ1v) is 29.8. The second kappa shape index (κ2) is 37.6. The molecule has 436 valence electrons. The Kier molecular flexibility index (Phi) is 33.3. The number of rotatable bonds is 38. The van der Waals surface area contributed by atoms with Gasteiger partial charge >= 0.3 is 395 Å². The Labute approximate surface area is 476 Å². The van der Waals surface area contributed by atoms with Gasteiger partial charge in [-0.15, -0.1) is 0 Å². The van der Waals surface area contributed by atoms with Gasteiger partial charge < -0.3 is 11.1 Å². The number of hydrogen-bond acceptors (Lipinski definition) is 16. The SMILES string of the molecule is CSCC[C@H](NC(=O)[C@H](CCCCN)NC(=O)[C@H](CCCCNC(=O)[C@@H]1N=CC[C@H]1C)NC(=O)[C@H](Cc1ccccc1)NC(=O)[C@H](CC(C)C)NC(=O)[C@H](C[Se])NC(=O)[C@@H](N)CO)C(=O)N[C@@H](C[Se])C(=O)N[C@@H](CO)C(=O)O. The van der Waals surface area contributed by atoms with Crippen LogP contribution in [0.3, 0.4) is 0 Å². The van der Waals surface area contributed by atoms with Crippen molar-refractivity contribution < 1.29 is 63.3 Å². The van der Waals surface area contributed by atoms with Gasteiger partial charge in [-0.1, -0.05) is 13.0 Å². The van der Waals surface area contributed by atoms with Gasteiger partial charge in [-0.3, -0.25) is 9.79 Å². The van der Waals surface area contributed by atoms with E-state index in [1.807, 2.05) is 20.8 Å². The van der Waals surface area contributed by atoms with Gasteiger partial charge in [0.2, 0.25) is 5.91 Å². The molecule has 28 heteroatoms. The second-order valence-electron chi connectivity index (χ2n) is 19.3. The summed E-state index contributed by atoms with van der Waals surface area (Å²) in [7, 11) is 0. The topological polar surface area (TPSA) is 404 Å². The number of carboxylic acids is 1. The summed E-state index contributed by atoms with van der Waals surface area (Å²) < 4.78 is 0. The zero-order valence-electron chi connectivity index (χ0n) is 44.7. The van der Waals surface area contributed by atoms with Crippen LogP contribution in [-0.2, 0) is 54.4 Å². The van der Waals surface area contributed by atoms with E-state index in [4.69, 9.17) is 11.5 Å². The maximum atomic E-state index is 14.7. The number of aliphatic carboxylic acids is 1. The quantitative estimate of drug-likeness (QED) is 0.0224. The normalized spacial score (nSPS) is 17.3. The number of thioether (sulfide) groups is 1. The van der Waals surface area contributed by atoms with E-state index >= 15 is 0 Å². The number of aliphatic hydroxyl groups excluding tert-OH is 2. The summed E-state index contributed by atoms with van der Waals surface area (Å²) >= 11 is 6.66. The van der Waals surface area contributed by atoms with E-state index in [9.17, 15) is 63.3 Å². The van der Waals surface area contributed by atoms with E-state index in [1.54, 1.807) is 42.8 Å². The molecule has 0 aliphatic carbocycles. The summed E-state index contributed by atoms with van der Waals surface area (Å²) in [6, 6.07) is -3.70. The zero-order valence-corrected chi connectivity index (χ0v) is 48.9. The molecule has 2 radical (unpaired) electrons. The first-order chi connectivity index (χ1) is 37.1. The van der Waals surface area contributed by atoms with Gasteiger partial charge in [-0.25, -0.2) is 0 Å². The number of benzene rings is 1. The van der Waals surface area contributed by atoms with Crippen LogP contribution in [0.15, 0.2) is 35.3 Å². The fourth-order valence-electron chi connectivity index (χ4n) is 7.85. The molecule has 0 bridgehead atoms. The van der Waals surface area contributed by atoms with Crippen molar-refractivity contribution in [1.82, 2.24) is 47.9 Å². The van der Waals surface area contributed by atoms with Gasteiger partial charge in [-0.05, 0) is 25.2 Å². The van der Waals surface area contributed by atoms with E-state index < -0.39 is 127 Å². The first-order valence-electron chi connectivity index (χ1n) is 26.0. The van der Waals surface area contributed by atoms with Gasteiger partial charge in [-0.2, -0.15) is 0 Å². The van der Waals surface area contributed by atoms with Crippen molar-refractivity contribution in [3.8, 4) is 0 Å². The Balaban J connectivity index is 2.53. The maximum absolute atomic E-state index is 14.7. The standard InChI is InChI=1S/C50H80N12O13SSe2/c1-28(2)22-35(58-47(71)38(26-77)61-41(65)31(52)24-63)45(69)59-36(23-30-12-6-5-7-13-30)46(70)56-33(15-9-11-19-54-49(73)40-29(3)16-20-53-40)42(66)55-32(14-8-10-18-51)43(67)57-34(17-21-76-4)44(68)62-39(27-78)48(72)60-37(25-64)50(74)75/h5-7,12-13,20,28-29,31-40,63-64H,8-11,14-19,21-27,51-52H2,1-4H3,(H,54,73)(H,55,66)(H,56,70)(H,57,67)(H,58,71)(H,59,69)(H,60,72)(H,61,65)(H,62,68)(H,74,75)/t29-,31+,32+,33+,34+,35+,36+,37+,38+,39+,40-/m1/s1. The van der Waals surface area contributed by atoms with Crippen molar-refractivity contribution in [2.75, 3.05) is 38.3 Å². The van der Waals surface area contributed by atoms with E-state index in [0.29, 0.717) is 37.0 Å². The van der Waals surface area contributed by atoms with Crippen LogP contribution in [0.4, 0.5) is 0 Å². The van der Waals surface area contributed by atoms with E-state index in [-0.39, 0.29) is 80.0 Å². The van der Waals surface area contributed by atoms with Crippen LogP contribution in [-0.4, -0.2) is 211 Å². The average Bonchev–Trinajstić information content (AvgIpc) is 3.85. The zero-order chi connectivity index (χ0) is 58.3. The van der Waals surface area contributed by atoms with Crippen LogP contribution in [0.25, 0.3) is 0 Å². The second-order valence-corrected chi connectivity index (χ2v) is 21.7. The molecule has 0 saturated carbocycles. The van der Waals surface area contributed by atoms with E-state index in [1.165, 1.54) is 11.8 Å². The van der Waals surface area contributed by atoms with Gasteiger partial charge in [0.15, 0.2) is 0 Å². The van der Waals surface area contributed by atoms with Crippen LogP contribution in [0.1, 0.15) is 84.1 Å². The van der Waals surface area contributed by atoms with Crippen molar-refractivity contribution >= 4 is 109 Å². The number of carbonyl (C=O) groups excluding carboxylic acids is 9. The number of aliphatic imine (C=N–C) groups is 1. The molecule has 78 heavy (non-hydrogen) atoms. The molecule has 0 saturated heterocycles. The third-order valence-corrected chi connectivity index (χ3v) is 14.5. The molecule has 2 rings (SSSR count). The van der Waals surface area contributed by atoms with Crippen molar-refractivity contribution in [3.63, 3.8) is 0 Å². The van der Waals surface area contributed by atoms with E-state index in [2.05, 4.69) is 84.9 Å². The molecule has 0 fully saturated rings. The van der Waals surface area contributed by atoms with Crippen molar-refractivity contribution in [2.45, 2.75) is 156 Å². The van der Waals surface area contributed by atoms with Crippen molar-refractivity contribution in [2.24, 2.45) is 28.3 Å². The Morgan fingerprint density at radius 2 is 1.10 bits per heavy atom. The Morgan fingerprint density at radius 3 is 1.58 bits per heavy atom. The molecule has 1 aliphatic rings. The van der Waals surface area contributed by atoms with Crippen molar-refractivity contribution in [1.29, 1.82) is 0 Å². The molecule has 0 aromatic heterocycles. The first kappa shape index (κ1) is 68.9. The number of unbranched alkanes of at least 4 members (excludes halogenated alkanes) is 2. The molecule has 25 nitrogen and oxygen atoms in total. The Morgan fingerprint density at radius 1 is 0.641 bits per heavy atom. The minimum atomic E-state index is -1.64. The fourth-order valence-corrected chi connectivity index (χ4v) is 9.30. The molecular weight excluding hydrogens is 1170 g/mol. The minimum absolute atomic E-state index is 0.0125. The molecule has 1 aromatic carbocycles. The fraction of sp³-hybridized carbons (Fsp3) is 0.660. The summed E-state index contributed by atoms with van der Waals surface area (Å²) in [5.41, 5.74) is 12.1. The molecule has 16 N–H and O–H groups in total. The van der Waals surface area contributed by atoms with Gasteiger partial charge in [0.1, 0.15) is 6.04 Å². The number of hydrogen-bond donors (Lipinski definition) is 14. The summed E-state index contributed by atoms with van der Waals surface area (Å²) in [5, 5.41) is 51.7. The molecule has 1 aromatic rings. The third-order valence-electron chi connectivity index (χ3n) is 12.4. The predicted octanol–water partition coefficient (Wildman–Crippen LogP) is -3.63. The van der Waals surface area contributed by atoms with Gasteiger partial charge in [0.25, 0.3) is 0 Å². The Bertz CT molecular complexity index is 2150. The van der Waals surface area contributed by atoms with Crippen LogP contribution >= 0.6 is 11.8 Å². The van der Waals surface area contributed by atoms with Crippen LogP contribution in [0.5, 0.6) is 0 Å². The summed E-state index contributed by atoms with van der Waals surface area (Å²) in [6.45, 7) is 4.44. The number of nitrogens with one attached hydrogen (secondary N) is 9. The summed E-state index contributed by atoms with van der Waals surface area (Å²) in [6.07, 6.45) is 5.71. The summed E-state index contributed by atoms with van der Waals surface area (Å²) in [5.74, 6) is -7.86. The van der Waals surface area contributed by atoms with Crippen molar-refractivity contribution in [3.05, 3.63) is 35.9 Å². The molecule has 9 amide bonds. The number of amides is 9. The number of carboxylic acid groups (broad SMARTS) is 1.